The van der Waals surface area contributed by atoms with Crippen molar-refractivity contribution < 1.29 is 142 Å². The average Bonchev–Trinajstić information content (AvgIpc) is 1.64. The molecule has 16 atom stereocenters. The number of likely N-dealkylation sites (tertiary alicyclic amines) is 1. The number of phenols is 1. The maximum Gasteiger partial charge on any atom is 0.325 e. The lowest BCUT2D eigenvalue weighted by Crippen LogP contribution is -2.61. The summed E-state index contributed by atoms with van der Waals surface area (Å²) >= 11 is 5.27. The summed E-state index contributed by atoms with van der Waals surface area (Å²) in [6.07, 6.45) is -3.21. The van der Waals surface area contributed by atoms with E-state index in [4.69, 9.17) is 11.5 Å². The van der Waals surface area contributed by atoms with Gasteiger partial charge in [0.25, 0.3) is 0 Å². The number of carboxylic acids is 6. The Morgan fingerprint density at radius 3 is 1.30 bits per heavy atom. The number of thioether (sulfide) groups is 1. The van der Waals surface area contributed by atoms with Crippen molar-refractivity contribution in [2.24, 2.45) is 17.4 Å². The zero-order chi connectivity index (χ0) is 94.8. The van der Waals surface area contributed by atoms with Crippen LogP contribution < -0.4 is 85.9 Å². The molecule has 1 saturated heterocycles. The van der Waals surface area contributed by atoms with Crippen LogP contribution in [-0.2, 0) is 114 Å². The molecule has 48 nitrogen and oxygen atoms in total. The lowest BCUT2D eigenvalue weighted by Gasteiger charge is -2.31. The zero-order valence-corrected chi connectivity index (χ0v) is 71.8. The number of aromatic nitrogens is 2. The van der Waals surface area contributed by atoms with Gasteiger partial charge in [0, 0.05) is 62.7 Å². The smallest absolute Gasteiger partial charge is 0.325 e. The van der Waals surface area contributed by atoms with Gasteiger partial charge in [-0.1, -0.05) is 26.0 Å². The molecule has 2 heterocycles. The summed E-state index contributed by atoms with van der Waals surface area (Å²) in [5.74, 6) is -26.7. The van der Waals surface area contributed by atoms with Crippen molar-refractivity contribution in [2.75, 3.05) is 37.5 Å². The first-order valence-corrected chi connectivity index (χ1v) is 42.1. The quantitative estimate of drug-likeness (QED) is 0.0216. The van der Waals surface area contributed by atoms with Crippen LogP contribution in [0.25, 0.3) is 0 Å². The molecule has 1 aliphatic heterocycles. The van der Waals surface area contributed by atoms with Gasteiger partial charge in [0.15, 0.2) is 0 Å². The number of nitrogens with two attached hydrogens (primary N) is 2. The number of carboxylic acid groups (broad SMARTS) is 6. The van der Waals surface area contributed by atoms with Crippen LogP contribution >= 0.6 is 24.4 Å². The molecule has 27 N–H and O–H groups in total. The number of hydrogen-bond donors (Lipinski definition) is 26. The number of hydrogen-bond acceptors (Lipinski definition) is 28. The monoisotopic (exact) mass is 1820 g/mol. The van der Waals surface area contributed by atoms with E-state index in [-0.39, 0.29) is 87.6 Å². The Balaban J connectivity index is 1.87. The largest absolute Gasteiger partial charge is 0.508 e. The van der Waals surface area contributed by atoms with Gasteiger partial charge in [0.2, 0.25) is 88.6 Å². The number of rotatable bonds is 59. The normalized spacial score (nSPS) is 15.9. The number of amides is 15. The van der Waals surface area contributed by atoms with Crippen LogP contribution in [0.15, 0.2) is 36.8 Å². The summed E-state index contributed by atoms with van der Waals surface area (Å²) in [7, 11) is 0. The molecule has 0 bridgehead atoms. The van der Waals surface area contributed by atoms with E-state index in [0.717, 1.165) is 30.5 Å². The SMILES string of the molecule is CSCC[C@H](NC(=O)[C@H](CCC(=O)O)NC(=O)[C@H](CC(=O)O)NC(=O)[C@H](CCCCN)NC(=O)[C@H](C)N)C(=O)N[C@@H](CCC(=O)O)C(=O)N[C@@H](CCC(=O)O)C(=O)N[C@@H](CS)C(=O)N[C@@H](C)C(=O)N[C@@H](CO)C(=O)N[C@@H](Cc1cnc[nH]1)C(=O)N[C@@H](CC(C)C)C(=O)N1CCC[C@H]1C(=O)N[C@@H](Cc1ccc(O)cc1)C(=O)N[C@@H](CCC(=O)O)C(=O)N[C@@H](C)C(=O)O. The lowest BCUT2D eigenvalue weighted by atomic mass is 10.0. The first kappa shape index (κ1) is 108. The third-order valence-electron chi connectivity index (χ3n) is 19.3. The summed E-state index contributed by atoms with van der Waals surface area (Å²) in [5, 5.41) is 111. The summed E-state index contributed by atoms with van der Waals surface area (Å²) < 4.78 is 0. The first-order chi connectivity index (χ1) is 59.3. The molecule has 126 heavy (non-hydrogen) atoms. The highest BCUT2D eigenvalue weighted by atomic mass is 32.2. The molecule has 0 aliphatic carbocycles. The lowest BCUT2D eigenvalue weighted by molar-refractivity contribution is -0.143. The van der Waals surface area contributed by atoms with E-state index in [1.807, 2.05) is 0 Å². The molecule has 2 aromatic rings. The fourth-order valence-corrected chi connectivity index (χ4v) is 13.1. The standard InChI is InChI=1S/C76H115N19O29S2/c1-36(2)28-52(75(122)95-26-9-11-55(95)74(121)91-49(29-40-12-14-42(97)15-13-40)69(116)86-44(16-20-56(98)99)63(110)82-39(5)76(123)124)92-70(117)50(30-41-32-79-35-80-41)89-72(119)53(33-96)93-62(109)38(4)81-73(120)54(34-125)94-67(114)47(19-23-59(104)105)84-65(112)45(17-21-57(100)101)85-68(115)48(24-27-126-6)88-66(113)46(18-22-58(102)103)87-71(118)51(31-60(106)107)90-64(111)43(10-7-8-25-77)83-61(108)37(3)78/h12-15,32,35-39,43-55,96-97,125H,7-11,16-31,33-34,77-78H2,1-6H3,(H,79,80)(H,81,120)(H,82,110)(H,83,108)(H,84,112)(H,85,115)(H,86,116)(H,87,118)(H,88,113)(H,89,119)(H,90,111)(H,91,121)(H,92,117)(H,93,109)(H,94,114)(H,98,99)(H,100,101)(H,102,103)(H,104,105)(H,106,107)(H,123,124)/t37-,38-,39-,43-,44-,45-,46-,47-,48-,49-,50-,51-,52-,53-,54-,55-/m0/s1. The van der Waals surface area contributed by atoms with Gasteiger partial charge in [0.05, 0.1) is 25.4 Å². The Morgan fingerprint density at radius 1 is 0.476 bits per heavy atom. The Labute approximate surface area is 732 Å². The minimum Gasteiger partial charge on any atom is -0.508 e. The van der Waals surface area contributed by atoms with Crippen molar-refractivity contribution in [3.63, 3.8) is 0 Å². The molecule has 0 unspecified atom stereocenters. The number of aromatic hydroxyl groups is 1. The molecular formula is C76H115N19O29S2. The van der Waals surface area contributed by atoms with Gasteiger partial charge in [-0.15, -0.1) is 0 Å². The number of nitrogens with zero attached hydrogens (tertiary/aromatic N) is 2. The van der Waals surface area contributed by atoms with Crippen molar-refractivity contribution in [3.8, 4) is 5.75 Å². The van der Waals surface area contributed by atoms with Crippen molar-refractivity contribution >= 4 is 149 Å². The highest BCUT2D eigenvalue weighted by Gasteiger charge is 2.43. The molecule has 50 heteroatoms. The van der Waals surface area contributed by atoms with Gasteiger partial charge < -0.3 is 137 Å². The second-order valence-electron chi connectivity index (χ2n) is 30.1. The predicted octanol–water partition coefficient (Wildman–Crippen LogP) is -7.07. The molecular weight excluding hydrogens is 1710 g/mol. The maximum atomic E-state index is 14.8. The van der Waals surface area contributed by atoms with E-state index in [1.54, 1.807) is 20.1 Å². The molecule has 0 spiro atoms. The second-order valence-corrected chi connectivity index (χ2v) is 31.4. The van der Waals surface area contributed by atoms with Gasteiger partial charge in [0.1, 0.15) is 96.4 Å². The van der Waals surface area contributed by atoms with E-state index in [9.17, 15) is 142 Å². The number of unbranched alkanes of at least 4 members (excludes halogenated alkanes) is 1. The molecule has 1 aliphatic rings. The summed E-state index contributed by atoms with van der Waals surface area (Å²) in [5.41, 5.74) is 11.8. The average molecular weight is 1820 g/mol. The molecule has 1 aromatic heterocycles. The van der Waals surface area contributed by atoms with Crippen molar-refractivity contribution in [1.29, 1.82) is 0 Å². The van der Waals surface area contributed by atoms with Gasteiger partial charge in [-0.3, -0.25) is 101 Å². The predicted molar refractivity (Wildman–Crippen MR) is 445 cm³/mol. The van der Waals surface area contributed by atoms with E-state index < -0.39 is 291 Å². The number of aromatic amines is 1. The van der Waals surface area contributed by atoms with Crippen LogP contribution in [0, 0.1) is 5.92 Å². The molecule has 1 fully saturated rings. The van der Waals surface area contributed by atoms with Crippen molar-refractivity contribution in [1.82, 2.24) is 89.3 Å². The van der Waals surface area contributed by atoms with E-state index in [2.05, 4.69) is 97.0 Å². The summed E-state index contributed by atoms with van der Waals surface area (Å²) in [6.45, 7) is 5.91. The number of nitrogens with one attached hydrogen (secondary N) is 15. The minimum atomic E-state index is -1.98. The Kier molecular flexibility index (Phi) is 47.2. The number of aliphatic carboxylic acids is 6. The molecule has 3 rings (SSSR count). The Bertz CT molecular complexity index is 4130. The molecule has 700 valence electrons. The molecule has 0 saturated carbocycles. The van der Waals surface area contributed by atoms with Gasteiger partial charge in [-0.25, -0.2) is 4.98 Å². The Hall–Kier alpha value is -12.3. The number of aliphatic hydroxyl groups excluding tert-OH is 1. The molecule has 15 amide bonds. The number of thiol groups is 1. The van der Waals surface area contributed by atoms with Crippen LogP contribution in [-0.4, -0.2) is 314 Å². The summed E-state index contributed by atoms with van der Waals surface area (Å²) in [4.78, 5) is 289. The van der Waals surface area contributed by atoms with E-state index in [0.29, 0.717) is 12.0 Å². The first-order valence-electron chi connectivity index (χ1n) is 40.1. The van der Waals surface area contributed by atoms with Crippen LogP contribution in [0.5, 0.6) is 5.75 Å². The number of carbonyl (C=O) groups excluding carboxylic acids is 15. The van der Waals surface area contributed by atoms with Crippen molar-refractivity contribution in [2.45, 2.75) is 247 Å². The van der Waals surface area contributed by atoms with Gasteiger partial charge >= 0.3 is 35.8 Å². The van der Waals surface area contributed by atoms with Crippen LogP contribution in [0.4, 0.5) is 0 Å². The van der Waals surface area contributed by atoms with Crippen LogP contribution in [0.3, 0.4) is 0 Å². The third kappa shape index (κ3) is 38.8. The third-order valence-corrected chi connectivity index (χ3v) is 20.3. The van der Waals surface area contributed by atoms with Crippen molar-refractivity contribution in [3.05, 3.63) is 48.0 Å². The highest BCUT2D eigenvalue weighted by molar-refractivity contribution is 7.98. The number of imidazole rings is 1. The van der Waals surface area contributed by atoms with Gasteiger partial charge in [-0.2, -0.15) is 24.4 Å². The molecule has 1 aromatic carbocycles. The number of benzene rings is 1. The fraction of sp³-hybridized carbons (Fsp3) is 0.605. The minimum absolute atomic E-state index is 0.0163. The zero-order valence-electron chi connectivity index (χ0n) is 70.1. The number of carbonyl (C=O) groups is 21. The van der Waals surface area contributed by atoms with Crippen LogP contribution in [0.2, 0.25) is 0 Å². The maximum absolute atomic E-state index is 14.8. The van der Waals surface area contributed by atoms with Gasteiger partial charge in [-0.05, 0) is 134 Å². The number of phenolic OH excluding ortho intramolecular Hbond substituents is 1. The Morgan fingerprint density at radius 2 is 0.873 bits per heavy atom. The van der Waals surface area contributed by atoms with E-state index in [1.165, 1.54) is 43.7 Å². The topological polar surface area (TPSA) is 773 Å². The van der Waals surface area contributed by atoms with E-state index >= 15 is 0 Å². The second kappa shape index (κ2) is 55.1. The fourth-order valence-electron chi connectivity index (χ4n) is 12.4. The van der Waals surface area contributed by atoms with Crippen LogP contribution in [0.1, 0.15) is 149 Å². The number of H-pyrrole nitrogens is 1. The molecule has 0 radical (unpaired) electrons. The highest BCUT2D eigenvalue weighted by Crippen LogP contribution is 2.23. The summed E-state index contributed by atoms with van der Waals surface area (Å²) in [6, 6.07) is -21.0. The number of aliphatic hydroxyl groups is 1.